The second-order valence-electron chi connectivity index (χ2n) is 9.84. The second kappa shape index (κ2) is 9.40. The molecule has 12 heteroatoms. The van der Waals surface area contributed by atoms with E-state index >= 15 is 0 Å². The van der Waals surface area contributed by atoms with Gasteiger partial charge in [0.15, 0.2) is 5.76 Å². The number of nitrogen functional groups attached to an aromatic ring is 1. The van der Waals surface area contributed by atoms with Crippen LogP contribution in [0.2, 0.25) is 0 Å². The predicted molar refractivity (Wildman–Crippen MR) is 131 cm³/mol. The fourth-order valence-corrected chi connectivity index (χ4v) is 5.66. The summed E-state index contributed by atoms with van der Waals surface area (Å²) in [4.78, 5) is 45.6. The van der Waals surface area contributed by atoms with Crippen LogP contribution in [-0.2, 0) is 9.59 Å². The van der Waals surface area contributed by atoms with Crippen LogP contribution in [-0.4, -0.2) is 84.9 Å². The summed E-state index contributed by atoms with van der Waals surface area (Å²) in [7, 11) is 0. The lowest BCUT2D eigenvalue weighted by atomic mass is 9.88. The first-order valence-corrected chi connectivity index (χ1v) is 12.9. The summed E-state index contributed by atoms with van der Waals surface area (Å²) in [6, 6.07) is 3.16. The Bertz CT molecular complexity index is 1240. The Hall–Kier alpha value is -3.70. The molecule has 2 N–H and O–H groups in total. The molecule has 2 amide bonds. The van der Waals surface area contributed by atoms with Crippen molar-refractivity contribution in [1.29, 1.82) is 0 Å². The molecule has 0 bridgehead atoms. The van der Waals surface area contributed by atoms with Gasteiger partial charge < -0.3 is 24.9 Å². The van der Waals surface area contributed by atoms with E-state index < -0.39 is 0 Å². The Balaban J connectivity index is 1.15. The van der Waals surface area contributed by atoms with Gasteiger partial charge in [0.2, 0.25) is 29.5 Å². The van der Waals surface area contributed by atoms with Crippen molar-refractivity contribution in [2.45, 2.75) is 51.0 Å². The lowest BCUT2D eigenvalue weighted by Gasteiger charge is -2.39. The van der Waals surface area contributed by atoms with Crippen molar-refractivity contribution in [3.05, 3.63) is 18.4 Å². The van der Waals surface area contributed by atoms with Crippen molar-refractivity contribution in [2.24, 2.45) is 5.92 Å². The van der Waals surface area contributed by atoms with Crippen LogP contribution < -0.4 is 10.6 Å². The summed E-state index contributed by atoms with van der Waals surface area (Å²) < 4.78 is 6.75. The third-order valence-corrected chi connectivity index (χ3v) is 7.62. The Morgan fingerprint density at radius 3 is 2.36 bits per heavy atom. The molecule has 1 saturated carbocycles. The van der Waals surface area contributed by atoms with Crippen molar-refractivity contribution >= 4 is 29.5 Å². The molecule has 5 heterocycles. The van der Waals surface area contributed by atoms with Crippen molar-refractivity contribution in [3.8, 4) is 11.6 Å². The summed E-state index contributed by atoms with van der Waals surface area (Å²) in [6.07, 6.45) is 8.64. The van der Waals surface area contributed by atoms with E-state index in [1.54, 1.807) is 18.4 Å². The number of rotatable bonds is 4. The Labute approximate surface area is 208 Å². The molecular formula is C24H31N9O3. The highest BCUT2D eigenvalue weighted by atomic mass is 16.3. The van der Waals surface area contributed by atoms with E-state index in [1.807, 2.05) is 14.7 Å². The first-order chi connectivity index (χ1) is 17.6. The minimum absolute atomic E-state index is 0.0528. The maximum atomic E-state index is 13.5. The van der Waals surface area contributed by atoms with Crippen LogP contribution in [0.5, 0.6) is 0 Å². The molecule has 1 atom stereocenters. The fourth-order valence-electron chi connectivity index (χ4n) is 5.66. The van der Waals surface area contributed by atoms with Gasteiger partial charge in [-0.2, -0.15) is 19.5 Å². The quantitative estimate of drug-likeness (QED) is 0.574. The molecule has 36 heavy (non-hydrogen) atoms. The van der Waals surface area contributed by atoms with E-state index in [2.05, 4.69) is 20.1 Å². The van der Waals surface area contributed by atoms with Crippen LogP contribution in [0.3, 0.4) is 0 Å². The van der Waals surface area contributed by atoms with Crippen molar-refractivity contribution in [3.63, 3.8) is 0 Å². The molecule has 3 fully saturated rings. The molecule has 2 aliphatic heterocycles. The van der Waals surface area contributed by atoms with Gasteiger partial charge in [-0.25, -0.2) is 0 Å². The lowest BCUT2D eigenvalue weighted by molar-refractivity contribution is -0.143. The normalized spacial score (nSPS) is 21.4. The second-order valence-corrected chi connectivity index (χ2v) is 9.84. The van der Waals surface area contributed by atoms with E-state index in [1.165, 1.54) is 10.9 Å². The average Bonchev–Trinajstić information content (AvgIpc) is 3.69. The first-order valence-electron chi connectivity index (χ1n) is 12.9. The highest BCUT2D eigenvalue weighted by Gasteiger charge is 2.38. The van der Waals surface area contributed by atoms with Crippen molar-refractivity contribution < 1.29 is 14.0 Å². The lowest BCUT2D eigenvalue weighted by Crippen LogP contribution is -2.55. The number of aromatic nitrogens is 5. The number of nitrogens with two attached hydrogens (primary N) is 1. The molecule has 3 aromatic heterocycles. The van der Waals surface area contributed by atoms with Crippen LogP contribution in [0.15, 0.2) is 22.8 Å². The Morgan fingerprint density at radius 2 is 1.64 bits per heavy atom. The van der Waals surface area contributed by atoms with Crippen LogP contribution in [0.25, 0.3) is 17.4 Å². The fraction of sp³-hybridized carbons (Fsp3) is 0.583. The molecular weight excluding hydrogens is 462 g/mol. The number of carbonyl (C=O) groups is 2. The zero-order valence-electron chi connectivity index (χ0n) is 20.3. The number of anilines is 2. The molecule has 0 unspecified atom stereocenters. The number of hydrogen-bond acceptors (Lipinski definition) is 9. The van der Waals surface area contributed by atoms with Gasteiger partial charge in [-0.05, 0) is 37.8 Å². The molecule has 3 aromatic rings. The van der Waals surface area contributed by atoms with E-state index in [0.29, 0.717) is 56.0 Å². The number of furan rings is 1. The highest BCUT2D eigenvalue weighted by molar-refractivity contribution is 5.86. The van der Waals surface area contributed by atoms with Gasteiger partial charge in [0, 0.05) is 38.6 Å². The topological polar surface area (TPSA) is 139 Å². The monoisotopic (exact) mass is 493 g/mol. The Kier molecular flexibility index (Phi) is 5.94. The largest absolute Gasteiger partial charge is 0.461 e. The van der Waals surface area contributed by atoms with Crippen molar-refractivity contribution in [1.82, 2.24) is 34.4 Å². The van der Waals surface area contributed by atoms with Gasteiger partial charge in [-0.3, -0.25) is 9.59 Å². The van der Waals surface area contributed by atoms with Crippen LogP contribution in [0.1, 0.15) is 44.9 Å². The summed E-state index contributed by atoms with van der Waals surface area (Å²) in [6.45, 7) is 2.96. The number of piperazine rings is 1. The van der Waals surface area contributed by atoms with Crippen molar-refractivity contribution in [2.75, 3.05) is 43.4 Å². The predicted octanol–water partition coefficient (Wildman–Crippen LogP) is 1.58. The molecule has 1 aliphatic carbocycles. The summed E-state index contributed by atoms with van der Waals surface area (Å²) in [5, 5.41) is 4.34. The van der Waals surface area contributed by atoms with Crippen LogP contribution in [0, 0.1) is 5.92 Å². The van der Waals surface area contributed by atoms with Crippen LogP contribution >= 0.6 is 0 Å². The van der Waals surface area contributed by atoms with E-state index in [4.69, 9.17) is 10.2 Å². The number of amides is 2. The summed E-state index contributed by atoms with van der Waals surface area (Å²) in [5.41, 5.74) is 6.18. The highest BCUT2D eigenvalue weighted by Crippen LogP contribution is 2.28. The zero-order chi connectivity index (χ0) is 24.6. The first kappa shape index (κ1) is 22.7. The maximum absolute atomic E-state index is 13.5. The number of carbonyl (C=O) groups excluding carboxylic acids is 2. The molecule has 12 nitrogen and oxygen atoms in total. The molecule has 6 rings (SSSR count). The van der Waals surface area contributed by atoms with Gasteiger partial charge in [-0.15, -0.1) is 5.10 Å². The van der Waals surface area contributed by atoms with Gasteiger partial charge >= 0.3 is 0 Å². The molecule has 2 saturated heterocycles. The molecule has 0 radical (unpaired) electrons. The molecule has 0 aromatic carbocycles. The standard InChI is InChI=1S/C24H31N9O3/c25-22-27-23(28-24-26-19(29-33(22)24)18-9-5-15-36-18)32-10-4-8-17(32)21(35)31-13-11-30(12-14-31)20(34)16-6-2-1-3-7-16/h5,9,15-17H,1-4,6-8,10-14H2,(H2,25,26,27,28,29)/t17-/m0/s1. The molecule has 0 spiro atoms. The van der Waals surface area contributed by atoms with Gasteiger partial charge in [0.1, 0.15) is 6.04 Å². The summed E-state index contributed by atoms with van der Waals surface area (Å²) >= 11 is 0. The number of hydrogen-bond donors (Lipinski definition) is 1. The maximum Gasteiger partial charge on any atom is 0.259 e. The zero-order valence-corrected chi connectivity index (χ0v) is 20.3. The van der Waals surface area contributed by atoms with E-state index in [0.717, 1.165) is 38.5 Å². The Morgan fingerprint density at radius 1 is 0.889 bits per heavy atom. The summed E-state index contributed by atoms with van der Waals surface area (Å²) in [5.74, 6) is 2.19. The van der Waals surface area contributed by atoms with Crippen LogP contribution in [0.4, 0.5) is 11.9 Å². The average molecular weight is 494 g/mol. The number of fused-ring (bicyclic) bond motifs is 1. The number of nitrogens with zero attached hydrogens (tertiary/aromatic N) is 8. The van der Waals surface area contributed by atoms with Gasteiger partial charge in [-0.1, -0.05) is 19.3 Å². The van der Waals surface area contributed by atoms with E-state index in [9.17, 15) is 9.59 Å². The minimum Gasteiger partial charge on any atom is -0.461 e. The van der Waals surface area contributed by atoms with E-state index in [-0.39, 0.29) is 29.7 Å². The molecule has 3 aliphatic rings. The third kappa shape index (κ3) is 4.14. The minimum atomic E-state index is -0.361. The van der Waals surface area contributed by atoms with Gasteiger partial charge in [0.25, 0.3) is 5.78 Å². The van der Waals surface area contributed by atoms with Gasteiger partial charge in [0.05, 0.1) is 6.26 Å². The third-order valence-electron chi connectivity index (χ3n) is 7.62. The SMILES string of the molecule is Nc1nc(N2CCC[C@H]2C(=O)N2CCN(C(=O)C3CCCCC3)CC2)nc2nc(-c3ccco3)nn12. The smallest absolute Gasteiger partial charge is 0.259 e. The molecule has 190 valence electrons.